The van der Waals surface area contributed by atoms with E-state index in [0.29, 0.717) is 0 Å². The molecule has 2 heterocycles. The minimum absolute atomic E-state index is 0. The van der Waals surface area contributed by atoms with Gasteiger partial charge >= 0.3 is 0 Å². The third kappa shape index (κ3) is 8.68. The number of thiophene rings is 1. The molecule has 5 heteroatoms. The maximum Gasteiger partial charge on any atom is 0.164 e. The van der Waals surface area contributed by atoms with Gasteiger partial charge in [-0.1, -0.05) is 88.3 Å². The van der Waals surface area contributed by atoms with Crippen molar-refractivity contribution in [3.63, 3.8) is 0 Å². The second-order valence-electron chi connectivity index (χ2n) is 13.9. The summed E-state index contributed by atoms with van der Waals surface area (Å²) in [6.07, 6.45) is 7.76. The van der Waals surface area contributed by atoms with Gasteiger partial charge in [0.05, 0.1) is 0 Å². The van der Waals surface area contributed by atoms with Gasteiger partial charge in [0.25, 0.3) is 0 Å². The molecule has 1 radical (unpaired) electrons. The quantitative estimate of drug-likeness (QED) is 0.104. The Morgan fingerprint density at radius 3 is 2.09 bits per heavy atom. The van der Waals surface area contributed by atoms with E-state index in [0.717, 1.165) is 48.9 Å². The van der Waals surface area contributed by atoms with Crippen LogP contribution < -0.4 is 0 Å². The summed E-state index contributed by atoms with van der Waals surface area (Å²) in [6.45, 7) is 23.2. The number of aliphatic hydroxyl groups is 1. The van der Waals surface area contributed by atoms with Gasteiger partial charge in [-0.3, -0.25) is 4.79 Å². The molecule has 4 rings (SSSR count). The molecule has 2 aromatic heterocycles. The number of nitrogens with zero attached hydrogens (tertiary/aromatic N) is 1. The van der Waals surface area contributed by atoms with Gasteiger partial charge in [-0.25, -0.2) is 0 Å². The number of aryl methyl sites for hydroxylation is 2. The summed E-state index contributed by atoms with van der Waals surface area (Å²) in [7, 11) is 0. The molecule has 0 atom stereocenters. The molecule has 241 valence electrons. The average molecular weight is 791 g/mol. The topological polar surface area (TPSA) is 50.2 Å². The Balaban J connectivity index is 0.000000331. The Morgan fingerprint density at radius 1 is 0.932 bits per heavy atom. The zero-order valence-electron chi connectivity index (χ0n) is 28.7. The maximum atomic E-state index is 12.2. The summed E-state index contributed by atoms with van der Waals surface area (Å²) < 4.78 is 1.34. The van der Waals surface area contributed by atoms with Crippen molar-refractivity contribution in [2.75, 3.05) is 0 Å². The van der Waals surface area contributed by atoms with E-state index in [1.165, 1.54) is 38.1 Å². The number of carbonyl (C=O) groups excluding carboxylic acids is 1. The van der Waals surface area contributed by atoms with Crippen LogP contribution in [0.5, 0.6) is 0 Å². The molecular weight excluding hydrogens is 739 g/mol. The Kier molecular flexibility index (Phi) is 13.2. The van der Waals surface area contributed by atoms with Crippen LogP contribution in [0.15, 0.2) is 53.7 Å². The first-order valence-electron chi connectivity index (χ1n) is 15.9. The molecule has 0 saturated carbocycles. The third-order valence-electron chi connectivity index (χ3n) is 9.28. The smallest absolute Gasteiger partial charge is 0.164 e. The molecule has 1 N–H and O–H groups in total. The number of aromatic nitrogens is 1. The zero-order valence-corrected chi connectivity index (χ0v) is 31.9. The summed E-state index contributed by atoms with van der Waals surface area (Å²) in [6, 6.07) is 14.5. The molecule has 0 aliphatic carbocycles. The molecule has 0 amide bonds. The Morgan fingerprint density at radius 2 is 1.55 bits per heavy atom. The van der Waals surface area contributed by atoms with E-state index in [2.05, 4.69) is 76.4 Å². The fraction of sp³-hybridized carbons (Fsp3) is 0.487. The molecule has 0 bridgehead atoms. The number of pyridine rings is 1. The average Bonchev–Trinajstić information content (AvgIpc) is 3.36. The molecule has 2 aromatic carbocycles. The fourth-order valence-electron chi connectivity index (χ4n) is 5.43. The number of allylic oxidation sites excluding steroid dienone is 2. The summed E-state index contributed by atoms with van der Waals surface area (Å²) in [5, 5.41) is 16.3. The molecular formula is C39H52IrNO2S-. The first kappa shape index (κ1) is 37.9. The molecule has 0 fully saturated rings. The minimum atomic E-state index is -0.337. The summed E-state index contributed by atoms with van der Waals surface area (Å²) in [4.78, 5) is 16.9. The van der Waals surface area contributed by atoms with E-state index < -0.39 is 0 Å². The van der Waals surface area contributed by atoms with Gasteiger partial charge in [-0.15, -0.1) is 46.2 Å². The molecule has 0 saturated heterocycles. The molecule has 4 aromatic rings. The fourth-order valence-corrected chi connectivity index (χ4v) is 6.55. The van der Waals surface area contributed by atoms with Crippen molar-refractivity contribution in [1.29, 1.82) is 0 Å². The van der Waals surface area contributed by atoms with Crippen LogP contribution in [0.1, 0.15) is 105 Å². The normalized spacial score (nSPS) is 12.6. The molecule has 0 unspecified atom stereocenters. The second-order valence-corrected chi connectivity index (χ2v) is 14.8. The van der Waals surface area contributed by atoms with Crippen molar-refractivity contribution >= 4 is 38.0 Å². The van der Waals surface area contributed by atoms with Crippen molar-refractivity contribution in [1.82, 2.24) is 4.98 Å². The Bertz CT molecular complexity index is 1580. The van der Waals surface area contributed by atoms with E-state index in [-0.39, 0.29) is 47.9 Å². The van der Waals surface area contributed by atoms with Crippen molar-refractivity contribution in [3.8, 4) is 11.3 Å². The van der Waals surface area contributed by atoms with Gasteiger partial charge in [-0.2, -0.15) is 0 Å². The molecule has 0 aliphatic heterocycles. The van der Waals surface area contributed by atoms with Crippen LogP contribution in [-0.2, 0) is 31.3 Å². The van der Waals surface area contributed by atoms with Gasteiger partial charge in [0.2, 0.25) is 0 Å². The van der Waals surface area contributed by atoms with Gasteiger partial charge in [0.15, 0.2) is 5.78 Å². The van der Waals surface area contributed by atoms with Crippen LogP contribution >= 0.6 is 11.3 Å². The van der Waals surface area contributed by atoms with E-state index in [4.69, 9.17) is 4.98 Å². The number of ketones is 1. The van der Waals surface area contributed by atoms with E-state index in [1.807, 2.05) is 59.1 Å². The summed E-state index contributed by atoms with van der Waals surface area (Å²) >= 11 is 1.85. The van der Waals surface area contributed by atoms with Crippen LogP contribution in [-0.4, -0.2) is 15.9 Å². The number of rotatable bonds is 9. The number of aliphatic hydroxyl groups excluding tert-OH is 1. The van der Waals surface area contributed by atoms with Crippen molar-refractivity contribution in [2.24, 2.45) is 16.2 Å². The van der Waals surface area contributed by atoms with Crippen LogP contribution in [0.4, 0.5) is 0 Å². The number of carbonyl (C=O) groups is 1. The van der Waals surface area contributed by atoms with E-state index >= 15 is 0 Å². The standard InChI is InChI=1S/C24H24NS.C15H28O2.Ir/c1-15-10-16(2)12-18(11-15)22-21-17(8-9-25-22)6-7-20-19(13-24(3,4)5)14-26-23(20)21;1-7-14(5,8-2)12(16)11-13(17)15(6,9-3)10-4;/h6-11,14H,13H2,1-5H3;11,16H,7-10H2,1-6H3;/q-1;;/b;12-11-;. The van der Waals surface area contributed by atoms with Crippen LogP contribution in [0.25, 0.3) is 32.1 Å². The third-order valence-corrected chi connectivity index (χ3v) is 10.3. The second kappa shape index (κ2) is 15.3. The Hall–Kier alpha value is -2.33. The molecule has 0 aliphatic rings. The summed E-state index contributed by atoms with van der Waals surface area (Å²) in [5.74, 6) is 0.286. The van der Waals surface area contributed by atoms with Crippen molar-refractivity contribution in [3.05, 3.63) is 76.5 Å². The van der Waals surface area contributed by atoms with Crippen molar-refractivity contribution < 1.29 is 30.0 Å². The summed E-state index contributed by atoms with van der Waals surface area (Å²) in [5.41, 5.74) is 5.66. The zero-order chi connectivity index (χ0) is 32.2. The maximum absolute atomic E-state index is 12.2. The minimum Gasteiger partial charge on any atom is -0.512 e. The van der Waals surface area contributed by atoms with Gasteiger partial charge in [-0.05, 0) is 76.4 Å². The van der Waals surface area contributed by atoms with Crippen LogP contribution in [0.2, 0.25) is 0 Å². The van der Waals surface area contributed by atoms with Crippen LogP contribution in [0, 0.1) is 36.2 Å². The predicted molar refractivity (Wildman–Crippen MR) is 187 cm³/mol. The number of hydrogen-bond donors (Lipinski definition) is 1. The first-order chi connectivity index (χ1) is 20.1. The number of hydrogen-bond acceptors (Lipinski definition) is 4. The van der Waals surface area contributed by atoms with Gasteiger partial charge in [0, 0.05) is 47.9 Å². The monoisotopic (exact) mass is 791 g/mol. The number of benzene rings is 2. The van der Waals surface area contributed by atoms with Gasteiger partial charge in [0.1, 0.15) is 5.76 Å². The largest absolute Gasteiger partial charge is 0.512 e. The molecule has 44 heavy (non-hydrogen) atoms. The molecule has 0 spiro atoms. The van der Waals surface area contributed by atoms with E-state index in [1.54, 1.807) is 0 Å². The van der Waals surface area contributed by atoms with Crippen LogP contribution in [0.3, 0.4) is 0 Å². The van der Waals surface area contributed by atoms with E-state index in [9.17, 15) is 9.90 Å². The SMILES string of the molecule is CCC(C)(CC)C(=O)/C=C(\O)C(C)(CC)CC.Cc1[c-]c(-c2nccc3ccc4c(CC(C)(C)C)csc4c23)cc(C)c1.[Ir]. The Labute approximate surface area is 283 Å². The predicted octanol–water partition coefficient (Wildman–Crippen LogP) is 11.8. The molecule has 3 nitrogen and oxygen atoms in total. The van der Waals surface area contributed by atoms with Crippen molar-refractivity contribution in [2.45, 2.75) is 108 Å². The van der Waals surface area contributed by atoms with Gasteiger partial charge < -0.3 is 10.1 Å². The first-order valence-corrected chi connectivity index (χ1v) is 16.7. The number of fused-ring (bicyclic) bond motifs is 3.